The molecule has 5 heteroatoms. The van der Waals surface area contributed by atoms with Gasteiger partial charge in [0.1, 0.15) is 0 Å². The molecular weight excluding hydrogens is 216 g/mol. The normalized spacial score (nSPS) is 14.7. The van der Waals surface area contributed by atoms with Gasteiger partial charge < -0.3 is 10.6 Å². The summed E-state index contributed by atoms with van der Waals surface area (Å²) in [5, 5.41) is 0.403. The number of amides is 1. The largest absolute Gasteiger partial charge is 0.329 e. The van der Waals surface area contributed by atoms with Gasteiger partial charge in [-0.3, -0.25) is 9.59 Å². The number of hydrogen-bond acceptors (Lipinski definition) is 3. The van der Waals surface area contributed by atoms with Crippen molar-refractivity contribution in [2.75, 3.05) is 18.0 Å². The summed E-state index contributed by atoms with van der Waals surface area (Å²) in [6, 6.07) is 4.89. The average molecular weight is 225 g/mol. The van der Waals surface area contributed by atoms with Crippen LogP contribution < -0.4 is 10.6 Å². The number of Topliss-reactive ketones (excluding diaryl/α,β-unsaturated/α-hetero) is 1. The van der Waals surface area contributed by atoms with Crippen molar-refractivity contribution in [2.24, 2.45) is 5.73 Å². The Morgan fingerprint density at radius 3 is 2.73 bits per heavy atom. The minimum atomic E-state index is -0.552. The number of ketones is 1. The molecule has 15 heavy (non-hydrogen) atoms. The van der Waals surface area contributed by atoms with Crippen LogP contribution in [0.3, 0.4) is 0 Å². The Kier molecular flexibility index (Phi) is 2.46. The van der Waals surface area contributed by atoms with Crippen LogP contribution in [0.5, 0.6) is 0 Å². The molecule has 1 aliphatic rings. The lowest BCUT2D eigenvalue weighted by molar-refractivity contribution is -0.114. The monoisotopic (exact) mass is 224 g/mol. The number of benzene rings is 1. The predicted octanol–water partition coefficient (Wildman–Crippen LogP) is 0.828. The van der Waals surface area contributed by atoms with Gasteiger partial charge in [0, 0.05) is 13.1 Å². The zero-order chi connectivity index (χ0) is 11.0. The Bertz CT molecular complexity index is 445. The fourth-order valence-electron chi connectivity index (χ4n) is 1.65. The average Bonchev–Trinajstić information content (AvgIpc) is 2.46. The lowest BCUT2D eigenvalue weighted by atomic mass is 10.1. The maximum atomic E-state index is 11.6. The summed E-state index contributed by atoms with van der Waals surface area (Å²) in [6.45, 7) is 0.602. The summed E-state index contributed by atoms with van der Waals surface area (Å²) in [4.78, 5) is 24.4. The highest BCUT2D eigenvalue weighted by atomic mass is 35.5. The Morgan fingerprint density at radius 1 is 1.33 bits per heavy atom. The topological polar surface area (TPSA) is 63.4 Å². The van der Waals surface area contributed by atoms with E-state index in [9.17, 15) is 9.59 Å². The second-order valence-electron chi connectivity index (χ2n) is 3.21. The zero-order valence-electron chi connectivity index (χ0n) is 7.87. The molecule has 0 fully saturated rings. The SMILES string of the molecule is NCCN1C(=O)C(=O)c2cccc(Cl)c21. The standard InChI is InChI=1S/C10H9ClN2O2/c11-7-3-1-2-6-8(7)13(5-4-12)10(15)9(6)14/h1-3H,4-5,12H2. The molecule has 78 valence electrons. The van der Waals surface area contributed by atoms with Crippen molar-refractivity contribution in [2.45, 2.75) is 0 Å². The first-order chi connectivity index (χ1) is 7.16. The van der Waals surface area contributed by atoms with Crippen LogP contribution in [0, 0.1) is 0 Å². The molecule has 0 unspecified atom stereocenters. The van der Waals surface area contributed by atoms with E-state index in [0.717, 1.165) is 0 Å². The van der Waals surface area contributed by atoms with E-state index in [4.69, 9.17) is 17.3 Å². The second-order valence-corrected chi connectivity index (χ2v) is 3.62. The first kappa shape index (κ1) is 10.1. The highest BCUT2D eigenvalue weighted by Gasteiger charge is 2.36. The number of nitrogens with zero attached hydrogens (tertiary/aromatic N) is 1. The summed E-state index contributed by atoms with van der Waals surface area (Å²) in [7, 11) is 0. The van der Waals surface area contributed by atoms with Crippen LogP contribution in [0.4, 0.5) is 5.69 Å². The fraction of sp³-hybridized carbons (Fsp3) is 0.200. The quantitative estimate of drug-likeness (QED) is 0.757. The summed E-state index contributed by atoms with van der Waals surface area (Å²) in [5.41, 5.74) is 6.22. The first-order valence-corrected chi connectivity index (χ1v) is 4.89. The predicted molar refractivity (Wildman–Crippen MR) is 57.2 cm³/mol. The molecule has 0 aliphatic carbocycles. The number of fused-ring (bicyclic) bond motifs is 1. The molecule has 0 aromatic heterocycles. The third-order valence-electron chi connectivity index (χ3n) is 2.29. The van der Waals surface area contributed by atoms with Gasteiger partial charge >= 0.3 is 0 Å². The minimum Gasteiger partial charge on any atom is -0.329 e. The van der Waals surface area contributed by atoms with E-state index in [0.29, 0.717) is 29.4 Å². The fourth-order valence-corrected chi connectivity index (χ4v) is 1.93. The van der Waals surface area contributed by atoms with Crippen molar-refractivity contribution in [3.05, 3.63) is 28.8 Å². The van der Waals surface area contributed by atoms with Gasteiger partial charge in [0.2, 0.25) is 0 Å². The third-order valence-corrected chi connectivity index (χ3v) is 2.60. The smallest absolute Gasteiger partial charge is 0.299 e. The van der Waals surface area contributed by atoms with Crippen LogP contribution in [-0.4, -0.2) is 24.8 Å². The van der Waals surface area contributed by atoms with Crippen molar-refractivity contribution < 1.29 is 9.59 Å². The zero-order valence-corrected chi connectivity index (χ0v) is 8.62. The molecule has 0 bridgehead atoms. The molecule has 2 rings (SSSR count). The second kappa shape index (κ2) is 3.64. The molecule has 0 saturated heterocycles. The maximum Gasteiger partial charge on any atom is 0.299 e. The van der Waals surface area contributed by atoms with E-state index in [2.05, 4.69) is 0 Å². The highest BCUT2D eigenvalue weighted by Crippen LogP contribution is 2.35. The van der Waals surface area contributed by atoms with Gasteiger partial charge in [-0.05, 0) is 12.1 Å². The van der Waals surface area contributed by atoms with E-state index in [1.807, 2.05) is 0 Å². The summed E-state index contributed by atoms with van der Waals surface area (Å²) >= 11 is 5.94. The van der Waals surface area contributed by atoms with Gasteiger partial charge in [0.25, 0.3) is 11.7 Å². The molecule has 1 amide bonds. The van der Waals surface area contributed by atoms with Crippen LogP contribution >= 0.6 is 11.6 Å². The third kappa shape index (κ3) is 1.42. The van der Waals surface area contributed by atoms with Gasteiger partial charge in [0.05, 0.1) is 16.3 Å². The van der Waals surface area contributed by atoms with Crippen LogP contribution in [0.25, 0.3) is 0 Å². The van der Waals surface area contributed by atoms with Crippen molar-refractivity contribution in [3.63, 3.8) is 0 Å². The number of halogens is 1. The van der Waals surface area contributed by atoms with Gasteiger partial charge in [-0.15, -0.1) is 0 Å². The summed E-state index contributed by atoms with van der Waals surface area (Å²) in [5.74, 6) is -1.07. The number of carbonyl (C=O) groups excluding carboxylic acids is 2. The number of carbonyl (C=O) groups is 2. The number of hydrogen-bond donors (Lipinski definition) is 1. The molecule has 0 saturated carbocycles. The number of nitrogens with two attached hydrogens (primary N) is 1. The van der Waals surface area contributed by atoms with Crippen molar-refractivity contribution >= 4 is 29.0 Å². The molecule has 0 atom stereocenters. The summed E-state index contributed by atoms with van der Waals surface area (Å²) in [6.07, 6.45) is 0. The molecule has 1 heterocycles. The number of anilines is 1. The highest BCUT2D eigenvalue weighted by molar-refractivity contribution is 6.54. The number of rotatable bonds is 2. The molecule has 1 aromatic rings. The number of para-hydroxylation sites is 1. The van der Waals surface area contributed by atoms with Crippen molar-refractivity contribution in [1.82, 2.24) is 0 Å². The minimum absolute atomic E-state index is 0.295. The van der Waals surface area contributed by atoms with Gasteiger partial charge in [-0.1, -0.05) is 17.7 Å². The van der Waals surface area contributed by atoms with Crippen LogP contribution in [0.2, 0.25) is 5.02 Å². The molecule has 4 nitrogen and oxygen atoms in total. The first-order valence-electron chi connectivity index (χ1n) is 4.51. The van der Waals surface area contributed by atoms with Gasteiger partial charge in [-0.25, -0.2) is 0 Å². The van der Waals surface area contributed by atoms with Crippen LogP contribution in [0.1, 0.15) is 10.4 Å². The van der Waals surface area contributed by atoms with E-state index in [-0.39, 0.29) is 0 Å². The van der Waals surface area contributed by atoms with E-state index in [1.165, 1.54) is 4.90 Å². The van der Waals surface area contributed by atoms with Crippen molar-refractivity contribution in [3.8, 4) is 0 Å². The molecule has 2 N–H and O–H groups in total. The molecule has 1 aliphatic heterocycles. The molecule has 0 spiro atoms. The lowest BCUT2D eigenvalue weighted by Crippen LogP contribution is -2.34. The van der Waals surface area contributed by atoms with Gasteiger partial charge in [0.15, 0.2) is 0 Å². The Balaban J connectivity index is 2.56. The van der Waals surface area contributed by atoms with E-state index in [1.54, 1.807) is 18.2 Å². The molecule has 1 aromatic carbocycles. The molecular formula is C10H9ClN2O2. The Labute approximate surface area is 91.6 Å². The van der Waals surface area contributed by atoms with Crippen LogP contribution in [-0.2, 0) is 4.79 Å². The van der Waals surface area contributed by atoms with Crippen molar-refractivity contribution in [1.29, 1.82) is 0 Å². The van der Waals surface area contributed by atoms with E-state index >= 15 is 0 Å². The van der Waals surface area contributed by atoms with E-state index < -0.39 is 11.7 Å². The maximum absolute atomic E-state index is 11.6. The molecule has 0 radical (unpaired) electrons. The Morgan fingerprint density at radius 2 is 2.07 bits per heavy atom. The van der Waals surface area contributed by atoms with Gasteiger partial charge in [-0.2, -0.15) is 0 Å². The Hall–Kier alpha value is -1.39. The lowest BCUT2D eigenvalue weighted by Gasteiger charge is -2.15. The summed E-state index contributed by atoms with van der Waals surface area (Å²) < 4.78 is 0. The van der Waals surface area contributed by atoms with Crippen LogP contribution in [0.15, 0.2) is 18.2 Å².